The smallest absolute Gasteiger partial charge is 0.0901 e. The van der Waals surface area contributed by atoms with Crippen molar-refractivity contribution in [3.63, 3.8) is 0 Å². The van der Waals surface area contributed by atoms with E-state index in [4.69, 9.17) is 0 Å². The van der Waals surface area contributed by atoms with E-state index in [9.17, 15) is 0 Å². The van der Waals surface area contributed by atoms with E-state index in [2.05, 4.69) is 24.1 Å². The summed E-state index contributed by atoms with van der Waals surface area (Å²) in [6.45, 7) is 5.21. The lowest BCUT2D eigenvalue weighted by Gasteiger charge is -1.98. The van der Waals surface area contributed by atoms with E-state index in [0.717, 1.165) is 6.54 Å². The van der Waals surface area contributed by atoms with E-state index < -0.39 is 0 Å². The van der Waals surface area contributed by atoms with Crippen LogP contribution in [0.5, 0.6) is 0 Å². The summed E-state index contributed by atoms with van der Waals surface area (Å²) in [4.78, 5) is 5.83. The first-order chi connectivity index (χ1) is 4.77. The zero-order valence-electron chi connectivity index (χ0n) is 6.14. The van der Waals surface area contributed by atoms with Crippen molar-refractivity contribution in [1.29, 1.82) is 0 Å². The lowest BCUT2D eigenvalue weighted by Crippen LogP contribution is -2.07. The van der Waals surface area contributed by atoms with E-state index in [1.807, 2.05) is 11.3 Å². The zero-order valence-corrected chi connectivity index (χ0v) is 6.96. The monoisotopic (exact) mass is 154 g/mol. The fourth-order valence-electron chi connectivity index (χ4n) is 1.29. The van der Waals surface area contributed by atoms with Crippen LogP contribution >= 0.6 is 11.3 Å². The minimum Gasteiger partial charge on any atom is -0.304 e. The molecule has 0 bridgehead atoms. The summed E-state index contributed by atoms with van der Waals surface area (Å²) in [5.41, 5.74) is 1.26. The number of nitrogens with one attached hydrogen (secondary N) is 1. The number of rotatable bonds is 0. The molecular weight excluding hydrogens is 144 g/mol. The Bertz CT molecular complexity index is 254. The van der Waals surface area contributed by atoms with Gasteiger partial charge in [0.1, 0.15) is 0 Å². The van der Waals surface area contributed by atoms with Gasteiger partial charge in [0.15, 0.2) is 0 Å². The largest absolute Gasteiger partial charge is 0.304 e. The van der Waals surface area contributed by atoms with Crippen molar-refractivity contribution in [2.45, 2.75) is 26.4 Å². The van der Waals surface area contributed by atoms with Crippen LogP contribution in [-0.2, 0) is 6.54 Å². The molecule has 3 heteroatoms. The van der Waals surface area contributed by atoms with Crippen LogP contribution in [0.25, 0.3) is 0 Å². The first kappa shape index (κ1) is 6.31. The second kappa shape index (κ2) is 2.04. The lowest BCUT2D eigenvalue weighted by molar-refractivity contribution is 0.635. The average molecular weight is 154 g/mol. The fourth-order valence-corrected chi connectivity index (χ4v) is 2.26. The average Bonchev–Trinajstić information content (AvgIpc) is 2.35. The van der Waals surface area contributed by atoms with Gasteiger partial charge in [-0.2, -0.15) is 0 Å². The predicted molar refractivity (Wildman–Crippen MR) is 42.1 cm³/mol. The summed E-state index contributed by atoms with van der Waals surface area (Å²) in [6, 6.07) is 0.529. The van der Waals surface area contributed by atoms with Gasteiger partial charge in [0.05, 0.1) is 10.7 Å². The maximum absolute atomic E-state index is 4.40. The van der Waals surface area contributed by atoms with Gasteiger partial charge in [-0.3, -0.25) is 0 Å². The number of aromatic nitrogens is 1. The van der Waals surface area contributed by atoms with Gasteiger partial charge >= 0.3 is 0 Å². The molecule has 0 saturated carbocycles. The number of hydrogen-bond donors (Lipinski definition) is 1. The molecular formula is C7H10N2S. The number of hydrogen-bond acceptors (Lipinski definition) is 3. The van der Waals surface area contributed by atoms with Gasteiger partial charge in [0.25, 0.3) is 0 Å². The summed E-state index contributed by atoms with van der Waals surface area (Å²) in [6.07, 6.45) is 0. The molecule has 1 atom stereocenters. The molecule has 54 valence electrons. The molecule has 0 amide bonds. The standard InChI is InChI=1S/C7H10N2S/c1-4-7-6(3-8-4)9-5(2)10-7/h4,8H,3H2,1-2H3. The zero-order chi connectivity index (χ0) is 7.14. The Morgan fingerprint density at radius 1 is 1.70 bits per heavy atom. The van der Waals surface area contributed by atoms with Crippen molar-refractivity contribution in [2.75, 3.05) is 0 Å². The predicted octanol–water partition coefficient (Wildman–Crippen LogP) is 1.62. The Morgan fingerprint density at radius 3 is 3.20 bits per heavy atom. The SMILES string of the molecule is Cc1nc2c(s1)C(C)NC2. The van der Waals surface area contributed by atoms with Crippen LogP contribution < -0.4 is 5.32 Å². The Kier molecular flexibility index (Phi) is 1.28. The first-order valence-corrected chi connectivity index (χ1v) is 4.28. The maximum Gasteiger partial charge on any atom is 0.0901 e. The molecule has 2 nitrogen and oxygen atoms in total. The molecule has 1 aliphatic rings. The first-order valence-electron chi connectivity index (χ1n) is 3.47. The minimum atomic E-state index is 0.529. The highest BCUT2D eigenvalue weighted by Crippen LogP contribution is 2.29. The van der Waals surface area contributed by atoms with Crippen molar-refractivity contribution in [3.05, 3.63) is 15.6 Å². The highest BCUT2D eigenvalue weighted by atomic mass is 32.1. The van der Waals surface area contributed by atoms with Gasteiger partial charge in [-0.15, -0.1) is 11.3 Å². The highest BCUT2D eigenvalue weighted by molar-refractivity contribution is 7.11. The van der Waals surface area contributed by atoms with Crippen molar-refractivity contribution in [2.24, 2.45) is 0 Å². The molecule has 0 aromatic carbocycles. The van der Waals surface area contributed by atoms with Crippen LogP contribution in [0.15, 0.2) is 0 Å². The quantitative estimate of drug-likeness (QED) is 0.614. The molecule has 1 aromatic rings. The second-order valence-corrected chi connectivity index (χ2v) is 3.88. The van der Waals surface area contributed by atoms with Gasteiger partial charge in [0, 0.05) is 17.5 Å². The third-order valence-electron chi connectivity index (χ3n) is 1.80. The van der Waals surface area contributed by atoms with E-state index in [0.29, 0.717) is 6.04 Å². The van der Waals surface area contributed by atoms with Crippen LogP contribution in [0.1, 0.15) is 28.5 Å². The van der Waals surface area contributed by atoms with Gasteiger partial charge in [-0.1, -0.05) is 0 Å². The van der Waals surface area contributed by atoms with Crippen LogP contribution in [0.2, 0.25) is 0 Å². The summed E-state index contributed by atoms with van der Waals surface area (Å²) < 4.78 is 0. The molecule has 0 radical (unpaired) electrons. The van der Waals surface area contributed by atoms with E-state index in [-0.39, 0.29) is 0 Å². The molecule has 2 rings (SSSR count). The normalized spacial score (nSPS) is 23.2. The third-order valence-corrected chi connectivity index (χ3v) is 3.00. The van der Waals surface area contributed by atoms with E-state index in [1.54, 1.807) is 0 Å². The van der Waals surface area contributed by atoms with Gasteiger partial charge in [-0.05, 0) is 13.8 Å². The Morgan fingerprint density at radius 2 is 2.50 bits per heavy atom. The Hall–Kier alpha value is -0.410. The van der Waals surface area contributed by atoms with E-state index >= 15 is 0 Å². The van der Waals surface area contributed by atoms with Gasteiger partial charge in [0.2, 0.25) is 0 Å². The number of aryl methyl sites for hydroxylation is 1. The van der Waals surface area contributed by atoms with Crippen molar-refractivity contribution < 1.29 is 0 Å². The number of fused-ring (bicyclic) bond motifs is 1. The molecule has 0 aliphatic carbocycles. The molecule has 1 unspecified atom stereocenters. The van der Waals surface area contributed by atoms with Crippen molar-refractivity contribution >= 4 is 11.3 Å². The van der Waals surface area contributed by atoms with Crippen LogP contribution in [0.4, 0.5) is 0 Å². The van der Waals surface area contributed by atoms with Gasteiger partial charge in [-0.25, -0.2) is 4.98 Å². The molecule has 0 saturated heterocycles. The fraction of sp³-hybridized carbons (Fsp3) is 0.571. The molecule has 2 heterocycles. The van der Waals surface area contributed by atoms with Gasteiger partial charge < -0.3 is 5.32 Å². The van der Waals surface area contributed by atoms with Crippen LogP contribution in [0.3, 0.4) is 0 Å². The molecule has 1 aliphatic heterocycles. The van der Waals surface area contributed by atoms with E-state index in [1.165, 1.54) is 15.6 Å². The van der Waals surface area contributed by atoms with Crippen molar-refractivity contribution in [1.82, 2.24) is 10.3 Å². The minimum absolute atomic E-state index is 0.529. The van der Waals surface area contributed by atoms with Crippen LogP contribution in [-0.4, -0.2) is 4.98 Å². The van der Waals surface area contributed by atoms with Crippen molar-refractivity contribution in [3.8, 4) is 0 Å². The summed E-state index contributed by atoms with van der Waals surface area (Å²) >= 11 is 1.81. The molecule has 0 fully saturated rings. The maximum atomic E-state index is 4.40. The topological polar surface area (TPSA) is 24.9 Å². The molecule has 1 aromatic heterocycles. The second-order valence-electron chi connectivity index (χ2n) is 2.65. The molecule has 1 N–H and O–H groups in total. The summed E-state index contributed by atoms with van der Waals surface area (Å²) in [7, 11) is 0. The lowest BCUT2D eigenvalue weighted by atomic mass is 10.3. The summed E-state index contributed by atoms with van der Waals surface area (Å²) in [5, 5.41) is 4.53. The Balaban J connectivity index is 2.49. The third kappa shape index (κ3) is 0.777. The summed E-state index contributed by atoms with van der Waals surface area (Å²) in [5.74, 6) is 0. The highest BCUT2D eigenvalue weighted by Gasteiger charge is 2.21. The number of nitrogens with zero attached hydrogens (tertiary/aromatic N) is 1. The molecule has 0 spiro atoms. The Labute approximate surface area is 64.3 Å². The molecule has 10 heavy (non-hydrogen) atoms. The van der Waals surface area contributed by atoms with Crippen LogP contribution in [0, 0.1) is 6.92 Å². The number of thiazole rings is 1.